The van der Waals surface area contributed by atoms with Crippen molar-refractivity contribution in [1.29, 1.82) is 5.41 Å². The van der Waals surface area contributed by atoms with Crippen LogP contribution in [0.4, 0.5) is 5.82 Å². The Balaban J connectivity index is 1.72. The molecular formula is C13H20N6O. The van der Waals surface area contributed by atoms with Gasteiger partial charge in [-0.25, -0.2) is 9.97 Å². The van der Waals surface area contributed by atoms with Crippen molar-refractivity contribution in [2.75, 3.05) is 44.3 Å². The van der Waals surface area contributed by atoms with Crippen molar-refractivity contribution >= 4 is 11.7 Å². The molecule has 7 nitrogen and oxygen atoms in total. The number of rotatable bonds is 3. The molecule has 0 aliphatic carbocycles. The van der Waals surface area contributed by atoms with Crippen LogP contribution < -0.4 is 10.6 Å². The molecule has 0 bridgehead atoms. The third-order valence-electron chi connectivity index (χ3n) is 3.96. The van der Waals surface area contributed by atoms with E-state index in [1.807, 2.05) is 0 Å². The summed E-state index contributed by atoms with van der Waals surface area (Å²) in [7, 11) is 0. The van der Waals surface area contributed by atoms with Gasteiger partial charge in [-0.3, -0.25) is 10.3 Å². The van der Waals surface area contributed by atoms with Gasteiger partial charge in [0.2, 0.25) is 0 Å². The van der Waals surface area contributed by atoms with Crippen molar-refractivity contribution in [3.63, 3.8) is 0 Å². The lowest BCUT2D eigenvalue weighted by Crippen LogP contribution is -2.44. The number of anilines is 1. The highest BCUT2D eigenvalue weighted by Gasteiger charge is 2.30. The van der Waals surface area contributed by atoms with Gasteiger partial charge >= 0.3 is 0 Å². The molecule has 20 heavy (non-hydrogen) atoms. The number of hydrogen-bond donors (Lipinski definition) is 2. The van der Waals surface area contributed by atoms with E-state index < -0.39 is 0 Å². The summed E-state index contributed by atoms with van der Waals surface area (Å²) in [6.07, 6.45) is 4.34. The van der Waals surface area contributed by atoms with E-state index in [1.54, 1.807) is 12.4 Å². The average Bonchev–Trinajstić information content (AvgIpc) is 2.98. The zero-order valence-corrected chi connectivity index (χ0v) is 11.5. The van der Waals surface area contributed by atoms with Crippen LogP contribution in [0.5, 0.6) is 0 Å². The second kappa shape index (κ2) is 5.72. The van der Waals surface area contributed by atoms with Crippen LogP contribution in [-0.4, -0.2) is 66.1 Å². The first-order chi connectivity index (χ1) is 9.75. The average molecular weight is 276 g/mol. The molecule has 0 spiro atoms. The van der Waals surface area contributed by atoms with E-state index in [0.717, 1.165) is 51.6 Å². The van der Waals surface area contributed by atoms with Crippen LogP contribution in [0.1, 0.15) is 12.1 Å². The number of nitrogen functional groups attached to an aromatic ring is 1. The molecule has 0 amide bonds. The molecule has 3 rings (SSSR count). The number of amidine groups is 1. The van der Waals surface area contributed by atoms with Crippen LogP contribution in [-0.2, 0) is 4.74 Å². The number of aromatic nitrogens is 2. The van der Waals surface area contributed by atoms with E-state index in [4.69, 9.17) is 15.9 Å². The minimum absolute atomic E-state index is 0.0251. The van der Waals surface area contributed by atoms with E-state index in [0.29, 0.717) is 11.7 Å². The zero-order valence-electron chi connectivity index (χ0n) is 11.5. The van der Waals surface area contributed by atoms with Gasteiger partial charge in [-0.1, -0.05) is 0 Å². The fourth-order valence-electron chi connectivity index (χ4n) is 2.93. The lowest BCUT2D eigenvalue weighted by Gasteiger charge is -2.32. The molecule has 0 radical (unpaired) electrons. The van der Waals surface area contributed by atoms with Gasteiger partial charge in [0, 0.05) is 44.6 Å². The van der Waals surface area contributed by atoms with Crippen LogP contribution in [0.3, 0.4) is 0 Å². The molecule has 1 atom stereocenters. The fourth-order valence-corrected chi connectivity index (χ4v) is 2.93. The van der Waals surface area contributed by atoms with Gasteiger partial charge < -0.3 is 15.4 Å². The smallest absolute Gasteiger partial charge is 0.158 e. The van der Waals surface area contributed by atoms with Crippen molar-refractivity contribution in [1.82, 2.24) is 14.9 Å². The Morgan fingerprint density at radius 3 is 2.75 bits per heavy atom. The molecule has 2 fully saturated rings. The molecule has 7 heteroatoms. The molecule has 2 aliphatic rings. The van der Waals surface area contributed by atoms with Gasteiger partial charge in [0.05, 0.1) is 13.2 Å². The molecule has 1 aromatic rings. The Bertz CT molecular complexity index is 488. The summed E-state index contributed by atoms with van der Waals surface area (Å²) in [4.78, 5) is 13.2. The predicted molar refractivity (Wildman–Crippen MR) is 76.1 cm³/mol. The predicted octanol–water partition coefficient (Wildman–Crippen LogP) is -0.328. The number of nitrogens with two attached hydrogens (primary N) is 1. The maximum Gasteiger partial charge on any atom is 0.158 e. The minimum Gasteiger partial charge on any atom is -0.382 e. The number of nitrogens with zero attached hydrogens (tertiary/aromatic N) is 4. The molecule has 2 saturated heterocycles. The lowest BCUT2D eigenvalue weighted by atomic mass is 10.2. The molecular weight excluding hydrogens is 256 g/mol. The monoisotopic (exact) mass is 276 g/mol. The van der Waals surface area contributed by atoms with Crippen LogP contribution >= 0.6 is 0 Å². The van der Waals surface area contributed by atoms with Crippen LogP contribution in [0, 0.1) is 5.41 Å². The molecule has 3 heterocycles. The third kappa shape index (κ3) is 2.59. The van der Waals surface area contributed by atoms with E-state index in [-0.39, 0.29) is 5.84 Å². The molecule has 1 aromatic heterocycles. The number of morpholine rings is 1. The van der Waals surface area contributed by atoms with E-state index >= 15 is 0 Å². The van der Waals surface area contributed by atoms with Gasteiger partial charge in [0.25, 0.3) is 0 Å². The zero-order chi connectivity index (χ0) is 13.9. The van der Waals surface area contributed by atoms with Gasteiger partial charge in [0.1, 0.15) is 11.5 Å². The maximum absolute atomic E-state index is 7.61. The number of ether oxygens (including phenoxy) is 1. The normalized spacial score (nSPS) is 24.0. The molecule has 108 valence electrons. The van der Waals surface area contributed by atoms with Crippen molar-refractivity contribution in [3.05, 3.63) is 18.1 Å². The van der Waals surface area contributed by atoms with Crippen LogP contribution in [0.25, 0.3) is 0 Å². The topological polar surface area (TPSA) is 91.4 Å². The quantitative estimate of drug-likeness (QED) is 0.580. The number of hydrogen-bond acceptors (Lipinski definition) is 6. The third-order valence-corrected chi connectivity index (χ3v) is 3.96. The van der Waals surface area contributed by atoms with Gasteiger partial charge in [-0.2, -0.15) is 0 Å². The highest BCUT2D eigenvalue weighted by molar-refractivity contribution is 5.97. The second-order valence-electron chi connectivity index (χ2n) is 5.18. The Labute approximate surface area is 118 Å². The SMILES string of the molecule is N=C(N)c1nccnc1N1CCC(N2CCOCC2)C1. The second-order valence-corrected chi connectivity index (χ2v) is 5.18. The first kappa shape index (κ1) is 13.3. The summed E-state index contributed by atoms with van der Waals surface area (Å²) in [5.74, 6) is 0.707. The highest BCUT2D eigenvalue weighted by Crippen LogP contribution is 2.23. The van der Waals surface area contributed by atoms with Crippen LogP contribution in [0.15, 0.2) is 12.4 Å². The maximum atomic E-state index is 7.61. The fraction of sp³-hybridized carbons (Fsp3) is 0.615. The molecule has 0 aromatic carbocycles. The molecule has 3 N–H and O–H groups in total. The summed E-state index contributed by atoms with van der Waals surface area (Å²) in [5.41, 5.74) is 6.07. The standard InChI is InChI=1S/C13H20N6O/c14-12(15)11-13(17-3-2-16-11)19-4-1-10(9-19)18-5-7-20-8-6-18/h2-3,10H,1,4-9H2,(H3,14,15). The van der Waals surface area contributed by atoms with E-state index in [9.17, 15) is 0 Å². The molecule has 2 aliphatic heterocycles. The Hall–Kier alpha value is -1.73. The molecule has 1 unspecified atom stereocenters. The van der Waals surface area contributed by atoms with Gasteiger partial charge in [-0.05, 0) is 6.42 Å². The minimum atomic E-state index is -0.0251. The first-order valence-electron chi connectivity index (χ1n) is 6.98. The van der Waals surface area contributed by atoms with Crippen LogP contribution in [0.2, 0.25) is 0 Å². The van der Waals surface area contributed by atoms with Crippen molar-refractivity contribution in [2.45, 2.75) is 12.5 Å². The Kier molecular flexibility index (Phi) is 3.79. The van der Waals surface area contributed by atoms with E-state index in [2.05, 4.69) is 19.8 Å². The molecule has 0 saturated carbocycles. The Morgan fingerprint density at radius 1 is 1.25 bits per heavy atom. The summed E-state index contributed by atoms with van der Waals surface area (Å²) in [6.45, 7) is 5.48. The largest absolute Gasteiger partial charge is 0.382 e. The summed E-state index contributed by atoms with van der Waals surface area (Å²) in [6, 6.07) is 0.528. The van der Waals surface area contributed by atoms with E-state index in [1.165, 1.54) is 0 Å². The number of nitrogens with one attached hydrogen (secondary N) is 1. The van der Waals surface area contributed by atoms with Crippen molar-refractivity contribution in [2.24, 2.45) is 5.73 Å². The lowest BCUT2D eigenvalue weighted by molar-refractivity contribution is 0.0209. The first-order valence-corrected chi connectivity index (χ1v) is 6.98. The van der Waals surface area contributed by atoms with Gasteiger partial charge in [0.15, 0.2) is 5.82 Å². The van der Waals surface area contributed by atoms with Crippen molar-refractivity contribution in [3.8, 4) is 0 Å². The summed E-state index contributed by atoms with van der Waals surface area (Å²) in [5, 5.41) is 7.61. The van der Waals surface area contributed by atoms with Gasteiger partial charge in [-0.15, -0.1) is 0 Å². The summed E-state index contributed by atoms with van der Waals surface area (Å²) >= 11 is 0. The highest BCUT2D eigenvalue weighted by atomic mass is 16.5. The van der Waals surface area contributed by atoms with Crippen molar-refractivity contribution < 1.29 is 4.74 Å². The summed E-state index contributed by atoms with van der Waals surface area (Å²) < 4.78 is 5.40. The Morgan fingerprint density at radius 2 is 2.00 bits per heavy atom.